The minimum absolute atomic E-state index is 1.46. The summed E-state index contributed by atoms with van der Waals surface area (Å²) in [5.41, 5.74) is 0. The van der Waals surface area contributed by atoms with Gasteiger partial charge >= 0.3 is 0 Å². The zero-order valence-electron chi connectivity index (χ0n) is 4.14. The van der Waals surface area contributed by atoms with Gasteiger partial charge in [-0.2, -0.15) is 5.10 Å². The Morgan fingerprint density at radius 2 is 2.22 bits per heavy atom. The Labute approximate surface area is 48.6 Å². The van der Waals surface area contributed by atoms with Crippen molar-refractivity contribution in [1.29, 1.82) is 0 Å². The molecule has 0 atom stereocenters. The van der Waals surface area contributed by atoms with Crippen molar-refractivity contribution >= 4 is 0 Å². The van der Waals surface area contributed by atoms with Crippen molar-refractivity contribution in [2.75, 3.05) is 0 Å². The summed E-state index contributed by atoms with van der Waals surface area (Å²) in [7, 11) is 0. The van der Waals surface area contributed by atoms with E-state index in [0.29, 0.717) is 0 Å². The van der Waals surface area contributed by atoms with Crippen molar-refractivity contribution in [2.24, 2.45) is 0 Å². The van der Waals surface area contributed by atoms with Crippen LogP contribution < -0.4 is 5.10 Å². The Morgan fingerprint density at radius 1 is 1.67 bits per heavy atom. The molecule has 0 fully saturated rings. The lowest BCUT2D eigenvalue weighted by molar-refractivity contribution is -0.456. The van der Waals surface area contributed by atoms with Crippen LogP contribution in [0.3, 0.4) is 0 Å². The number of rotatable bonds is 0. The van der Waals surface area contributed by atoms with E-state index in [1.165, 1.54) is 6.33 Å². The third-order valence-electron chi connectivity index (χ3n) is 0.295. The summed E-state index contributed by atoms with van der Waals surface area (Å²) >= 11 is 0. The maximum atomic E-state index is 8.25. The van der Waals surface area contributed by atoms with E-state index in [1.807, 2.05) is 0 Å². The maximum Gasteiger partial charge on any atom is 0.286 e. The summed E-state index contributed by atoms with van der Waals surface area (Å²) in [6, 6.07) is 0. The largest absolute Gasteiger partial charge is 0.356 e. The lowest BCUT2D eigenvalue weighted by atomic mass is 11.4. The monoisotopic (exact) mass is 133 g/mol. The first-order chi connectivity index (χ1) is 4.23. The number of aromatic amines is 2. The van der Waals surface area contributed by atoms with Gasteiger partial charge in [-0.05, 0) is 0 Å². The average molecular weight is 133 g/mol. The lowest BCUT2D eigenvalue weighted by Gasteiger charge is -1.74. The Kier molecular flexibility index (Phi) is 3.58. The van der Waals surface area contributed by atoms with Gasteiger partial charge in [0.15, 0.2) is 5.21 Å². The van der Waals surface area contributed by atoms with Crippen LogP contribution in [-0.2, 0) is 0 Å². The number of hydrogen-bond donors (Lipinski definition) is 1. The van der Waals surface area contributed by atoms with Gasteiger partial charge in [-0.25, -0.2) is 0 Å². The molecule has 0 bridgehead atoms. The Balaban J connectivity index is 0.000000148. The molecule has 8 nitrogen and oxygen atoms in total. The standard InChI is InChI=1S/CH2N4.NO3/c1-2-4-5-3-1;2-1(3)4/h1H,(H,2,3,4,5);/q;-1/p+1. The molecule has 0 aromatic carbocycles. The summed E-state index contributed by atoms with van der Waals surface area (Å²) in [6.45, 7) is 0. The SMILES string of the molecule is O=[N+]([O-])[O-].c1nn[nH][nH+]1. The molecule has 0 aliphatic carbocycles. The molecule has 0 saturated heterocycles. The van der Waals surface area contributed by atoms with E-state index in [4.69, 9.17) is 15.3 Å². The van der Waals surface area contributed by atoms with E-state index in [0.717, 1.165) is 0 Å². The van der Waals surface area contributed by atoms with E-state index in [-0.39, 0.29) is 0 Å². The van der Waals surface area contributed by atoms with Gasteiger partial charge < -0.3 is 15.3 Å². The van der Waals surface area contributed by atoms with E-state index < -0.39 is 5.09 Å². The number of hydrogen-bond acceptors (Lipinski definition) is 5. The summed E-state index contributed by atoms with van der Waals surface area (Å²) in [4.78, 5) is 8.25. The smallest absolute Gasteiger partial charge is 0.286 e. The quantitative estimate of drug-likeness (QED) is 0.336. The van der Waals surface area contributed by atoms with Crippen molar-refractivity contribution in [3.8, 4) is 0 Å². The highest BCUT2D eigenvalue weighted by molar-refractivity contribution is 4.06. The summed E-state index contributed by atoms with van der Waals surface area (Å²) in [5, 5.41) is 26.3. The molecule has 1 rings (SSSR count). The molecule has 50 valence electrons. The van der Waals surface area contributed by atoms with Crippen LogP contribution in [0.15, 0.2) is 6.33 Å². The molecule has 1 aromatic heterocycles. The fourth-order valence-corrected chi connectivity index (χ4v) is 0.144. The molecule has 0 aliphatic rings. The van der Waals surface area contributed by atoms with Crippen molar-refractivity contribution < 1.29 is 10.2 Å². The molecule has 9 heavy (non-hydrogen) atoms. The molecule has 2 N–H and O–H groups in total. The topological polar surface area (TPSA) is 122 Å². The maximum absolute atomic E-state index is 8.25. The fourth-order valence-electron chi connectivity index (χ4n) is 0.144. The Hall–Kier alpha value is -1.73. The second-order valence-electron chi connectivity index (χ2n) is 0.824. The highest BCUT2D eigenvalue weighted by Crippen LogP contribution is 1.44. The summed E-state index contributed by atoms with van der Waals surface area (Å²) in [6.07, 6.45) is 1.46. The van der Waals surface area contributed by atoms with Crippen LogP contribution in [0.1, 0.15) is 0 Å². The summed E-state index contributed by atoms with van der Waals surface area (Å²) in [5.74, 6) is 0. The van der Waals surface area contributed by atoms with Gasteiger partial charge in [-0.3, -0.25) is 0 Å². The molecule has 0 aliphatic heterocycles. The second kappa shape index (κ2) is 4.43. The lowest BCUT2D eigenvalue weighted by Crippen LogP contribution is -1.97. The first-order valence-corrected chi connectivity index (χ1v) is 1.77. The molecular formula is CH3N5O3. The van der Waals surface area contributed by atoms with Crippen LogP contribution in [0.4, 0.5) is 0 Å². The van der Waals surface area contributed by atoms with Crippen molar-refractivity contribution in [1.82, 2.24) is 15.5 Å². The molecular weight excluding hydrogens is 130 g/mol. The van der Waals surface area contributed by atoms with Gasteiger partial charge in [0.25, 0.3) is 6.33 Å². The van der Waals surface area contributed by atoms with Crippen LogP contribution >= 0.6 is 0 Å². The third kappa shape index (κ3) is 10.7. The second-order valence-corrected chi connectivity index (χ2v) is 0.824. The number of nitrogens with one attached hydrogen (secondary N) is 2. The van der Waals surface area contributed by atoms with Crippen molar-refractivity contribution in [3.63, 3.8) is 0 Å². The van der Waals surface area contributed by atoms with E-state index >= 15 is 0 Å². The van der Waals surface area contributed by atoms with Gasteiger partial charge in [0.2, 0.25) is 0 Å². The number of aromatic nitrogens is 4. The van der Waals surface area contributed by atoms with Crippen LogP contribution in [0.5, 0.6) is 0 Å². The minimum Gasteiger partial charge on any atom is -0.356 e. The van der Waals surface area contributed by atoms with E-state index in [2.05, 4.69) is 20.6 Å². The highest BCUT2D eigenvalue weighted by Gasteiger charge is 1.71. The van der Waals surface area contributed by atoms with Gasteiger partial charge in [0, 0.05) is 0 Å². The summed E-state index contributed by atoms with van der Waals surface area (Å²) < 4.78 is 0. The molecule has 0 unspecified atom stereocenters. The van der Waals surface area contributed by atoms with Crippen LogP contribution in [-0.4, -0.2) is 20.6 Å². The van der Waals surface area contributed by atoms with E-state index in [1.54, 1.807) is 0 Å². The molecule has 1 heterocycles. The van der Waals surface area contributed by atoms with Gasteiger partial charge in [-0.1, -0.05) is 5.21 Å². The predicted molar refractivity (Wildman–Crippen MR) is 23.3 cm³/mol. The van der Waals surface area contributed by atoms with Gasteiger partial charge in [0.05, 0.1) is 5.09 Å². The number of tetrazole rings is 1. The Bertz CT molecular complexity index is 126. The molecule has 8 heteroatoms. The molecule has 0 spiro atoms. The number of nitrogens with zero attached hydrogens (tertiary/aromatic N) is 3. The molecule has 1 aromatic rings. The minimum atomic E-state index is -1.75. The Morgan fingerprint density at radius 3 is 2.33 bits per heavy atom. The third-order valence-corrected chi connectivity index (χ3v) is 0.295. The molecule has 0 radical (unpaired) electrons. The molecule has 0 amide bonds. The van der Waals surface area contributed by atoms with E-state index in [9.17, 15) is 0 Å². The zero-order chi connectivity index (χ0) is 7.11. The highest BCUT2D eigenvalue weighted by atomic mass is 16.9. The van der Waals surface area contributed by atoms with Gasteiger partial charge in [0.1, 0.15) is 5.10 Å². The first kappa shape index (κ1) is 7.27. The van der Waals surface area contributed by atoms with Crippen LogP contribution in [0, 0.1) is 15.3 Å². The van der Waals surface area contributed by atoms with Crippen LogP contribution in [0.2, 0.25) is 0 Å². The number of H-pyrrole nitrogens is 2. The normalized spacial score (nSPS) is 7.11. The average Bonchev–Trinajstić information content (AvgIpc) is 2.11. The van der Waals surface area contributed by atoms with Gasteiger partial charge in [-0.15, -0.1) is 0 Å². The fraction of sp³-hybridized carbons (Fsp3) is 0. The zero-order valence-corrected chi connectivity index (χ0v) is 4.14. The van der Waals surface area contributed by atoms with Crippen molar-refractivity contribution in [3.05, 3.63) is 21.6 Å². The molecule has 0 saturated carbocycles. The van der Waals surface area contributed by atoms with Crippen molar-refractivity contribution in [2.45, 2.75) is 0 Å². The van der Waals surface area contributed by atoms with Crippen LogP contribution in [0.25, 0.3) is 0 Å². The predicted octanol–water partition coefficient (Wildman–Crippen LogP) is -1.62. The first-order valence-electron chi connectivity index (χ1n) is 1.77.